The van der Waals surface area contributed by atoms with Crippen LogP contribution in [0.15, 0.2) is 0 Å². The number of likely N-dealkylation sites (tertiary alicyclic amines) is 1. The Kier molecular flexibility index (Phi) is 3.88. The topological polar surface area (TPSA) is 46.6 Å². The Hall–Kier alpha value is -1.06. The van der Waals surface area contributed by atoms with Crippen molar-refractivity contribution in [2.24, 2.45) is 5.41 Å². The molecule has 1 heterocycles. The van der Waals surface area contributed by atoms with Crippen LogP contribution in [0.1, 0.15) is 58.8 Å². The summed E-state index contributed by atoms with van der Waals surface area (Å²) in [6.45, 7) is 4.58. The minimum absolute atomic E-state index is 0.151. The molecule has 0 bridgehead atoms. The van der Waals surface area contributed by atoms with E-state index in [4.69, 9.17) is 4.74 Å². The van der Waals surface area contributed by atoms with Gasteiger partial charge in [-0.05, 0) is 32.6 Å². The number of methoxy groups -OCH3 is 1. The number of hydrogen-bond donors (Lipinski definition) is 0. The Labute approximate surface area is 115 Å². The fourth-order valence-corrected chi connectivity index (χ4v) is 3.59. The van der Waals surface area contributed by atoms with Crippen LogP contribution < -0.4 is 0 Å². The summed E-state index contributed by atoms with van der Waals surface area (Å²) in [6, 6.07) is 0. The van der Waals surface area contributed by atoms with Crippen LogP contribution >= 0.6 is 0 Å². The quantitative estimate of drug-likeness (QED) is 0.722. The third-order valence-electron chi connectivity index (χ3n) is 4.98. The van der Waals surface area contributed by atoms with Crippen LogP contribution in [0.2, 0.25) is 0 Å². The number of ether oxygens (including phenoxy) is 1. The maximum atomic E-state index is 12.9. The van der Waals surface area contributed by atoms with Gasteiger partial charge in [0.25, 0.3) is 0 Å². The number of esters is 1. The molecule has 1 atom stereocenters. The van der Waals surface area contributed by atoms with Gasteiger partial charge in [0.15, 0.2) is 0 Å². The van der Waals surface area contributed by atoms with Gasteiger partial charge >= 0.3 is 5.97 Å². The molecule has 2 rings (SSSR count). The van der Waals surface area contributed by atoms with Crippen molar-refractivity contribution in [3.63, 3.8) is 0 Å². The standard InChI is InChI=1S/C15H25NO3/c1-14(8-5-4-6-9-14)12(17)16-11-7-10-15(16,2)13(18)19-3/h4-11H2,1-3H3/t15-/m0/s1. The molecule has 0 unspecified atom stereocenters. The summed E-state index contributed by atoms with van der Waals surface area (Å²) in [5.41, 5.74) is -1.04. The number of amides is 1. The Morgan fingerprint density at radius 2 is 1.63 bits per heavy atom. The van der Waals surface area contributed by atoms with Crippen LogP contribution in [0.3, 0.4) is 0 Å². The van der Waals surface area contributed by atoms with E-state index in [1.54, 1.807) is 4.90 Å². The minimum Gasteiger partial charge on any atom is -0.467 e. The average molecular weight is 267 g/mol. The number of carbonyl (C=O) groups excluding carboxylic acids is 2. The predicted molar refractivity (Wildman–Crippen MR) is 72.6 cm³/mol. The van der Waals surface area contributed by atoms with Crippen molar-refractivity contribution in [2.75, 3.05) is 13.7 Å². The van der Waals surface area contributed by atoms with E-state index in [0.29, 0.717) is 13.0 Å². The highest BCUT2D eigenvalue weighted by atomic mass is 16.5. The molecule has 0 aromatic carbocycles. The maximum absolute atomic E-state index is 12.9. The molecule has 1 amide bonds. The molecular weight excluding hydrogens is 242 g/mol. The molecule has 4 nitrogen and oxygen atoms in total. The lowest BCUT2D eigenvalue weighted by atomic mass is 9.74. The van der Waals surface area contributed by atoms with E-state index in [-0.39, 0.29) is 17.3 Å². The van der Waals surface area contributed by atoms with Crippen LogP contribution in [0.25, 0.3) is 0 Å². The number of hydrogen-bond acceptors (Lipinski definition) is 3. The molecule has 0 radical (unpaired) electrons. The van der Waals surface area contributed by atoms with Crippen LogP contribution in [0.5, 0.6) is 0 Å². The molecule has 0 N–H and O–H groups in total. The summed E-state index contributed by atoms with van der Waals surface area (Å²) in [7, 11) is 1.40. The first kappa shape index (κ1) is 14.4. The smallest absolute Gasteiger partial charge is 0.331 e. The largest absolute Gasteiger partial charge is 0.467 e. The second-order valence-electron chi connectivity index (χ2n) is 6.45. The molecular formula is C15H25NO3. The Morgan fingerprint density at radius 1 is 1.00 bits per heavy atom. The van der Waals surface area contributed by atoms with E-state index < -0.39 is 5.54 Å². The lowest BCUT2D eigenvalue weighted by Crippen LogP contribution is -2.55. The molecule has 1 saturated carbocycles. The van der Waals surface area contributed by atoms with Gasteiger partial charge in [-0.25, -0.2) is 4.79 Å². The van der Waals surface area contributed by atoms with E-state index in [0.717, 1.165) is 32.1 Å². The van der Waals surface area contributed by atoms with Gasteiger partial charge in [0.1, 0.15) is 5.54 Å². The van der Waals surface area contributed by atoms with Crippen LogP contribution in [0.4, 0.5) is 0 Å². The molecule has 0 spiro atoms. The third kappa shape index (κ3) is 2.37. The second-order valence-corrected chi connectivity index (χ2v) is 6.45. The lowest BCUT2D eigenvalue weighted by molar-refractivity contribution is -0.162. The van der Waals surface area contributed by atoms with Crippen molar-refractivity contribution in [3.8, 4) is 0 Å². The molecule has 1 aliphatic carbocycles. The lowest BCUT2D eigenvalue weighted by Gasteiger charge is -2.41. The molecule has 108 valence electrons. The van der Waals surface area contributed by atoms with Crippen LogP contribution in [0, 0.1) is 5.41 Å². The van der Waals surface area contributed by atoms with E-state index in [1.807, 2.05) is 6.92 Å². The summed E-state index contributed by atoms with van der Waals surface area (Å²) in [5, 5.41) is 0. The summed E-state index contributed by atoms with van der Waals surface area (Å²) in [6.07, 6.45) is 6.93. The fourth-order valence-electron chi connectivity index (χ4n) is 3.59. The normalized spacial score (nSPS) is 30.2. The Morgan fingerprint density at radius 3 is 2.21 bits per heavy atom. The zero-order chi connectivity index (χ0) is 14.1. The number of nitrogens with zero attached hydrogens (tertiary/aromatic N) is 1. The first-order chi connectivity index (χ1) is 8.94. The molecule has 0 aromatic heterocycles. The fraction of sp³-hybridized carbons (Fsp3) is 0.867. The van der Waals surface area contributed by atoms with Crippen molar-refractivity contribution in [1.29, 1.82) is 0 Å². The van der Waals surface area contributed by atoms with Crippen molar-refractivity contribution in [1.82, 2.24) is 4.90 Å². The van der Waals surface area contributed by atoms with Gasteiger partial charge in [0.05, 0.1) is 7.11 Å². The average Bonchev–Trinajstić information content (AvgIpc) is 2.81. The predicted octanol–water partition coefficient (Wildman–Crippen LogP) is 2.51. The zero-order valence-corrected chi connectivity index (χ0v) is 12.3. The monoisotopic (exact) mass is 267 g/mol. The first-order valence-electron chi connectivity index (χ1n) is 7.34. The molecule has 2 fully saturated rings. The van der Waals surface area contributed by atoms with Crippen molar-refractivity contribution in [3.05, 3.63) is 0 Å². The highest BCUT2D eigenvalue weighted by Gasteiger charge is 2.50. The van der Waals surface area contributed by atoms with E-state index in [9.17, 15) is 9.59 Å². The number of rotatable bonds is 2. The Balaban J connectivity index is 2.20. The third-order valence-corrected chi connectivity index (χ3v) is 4.98. The number of carbonyl (C=O) groups is 2. The molecule has 1 saturated heterocycles. The molecule has 19 heavy (non-hydrogen) atoms. The van der Waals surface area contributed by atoms with Crippen LogP contribution in [-0.2, 0) is 14.3 Å². The van der Waals surface area contributed by atoms with E-state index in [2.05, 4.69) is 6.92 Å². The zero-order valence-electron chi connectivity index (χ0n) is 12.3. The summed E-state index contributed by atoms with van der Waals surface area (Å²) >= 11 is 0. The summed E-state index contributed by atoms with van der Waals surface area (Å²) < 4.78 is 4.90. The maximum Gasteiger partial charge on any atom is 0.331 e. The van der Waals surface area contributed by atoms with Crippen LogP contribution in [-0.4, -0.2) is 36.0 Å². The Bertz CT molecular complexity index is 374. The minimum atomic E-state index is -0.758. The highest BCUT2D eigenvalue weighted by Crippen LogP contribution is 2.41. The SMILES string of the molecule is COC(=O)[C@]1(C)CCCN1C(=O)C1(C)CCCCC1. The summed E-state index contributed by atoms with van der Waals surface area (Å²) in [5.74, 6) is -0.129. The van der Waals surface area contributed by atoms with Gasteiger partial charge in [0.2, 0.25) is 5.91 Å². The van der Waals surface area contributed by atoms with Gasteiger partial charge in [0, 0.05) is 12.0 Å². The molecule has 2 aliphatic rings. The van der Waals surface area contributed by atoms with E-state index >= 15 is 0 Å². The van der Waals surface area contributed by atoms with Crippen molar-refractivity contribution >= 4 is 11.9 Å². The molecule has 1 aliphatic heterocycles. The first-order valence-corrected chi connectivity index (χ1v) is 7.34. The van der Waals surface area contributed by atoms with Gasteiger partial charge < -0.3 is 9.64 Å². The summed E-state index contributed by atoms with van der Waals surface area (Å²) in [4.78, 5) is 26.7. The van der Waals surface area contributed by atoms with Gasteiger partial charge in [-0.15, -0.1) is 0 Å². The molecule has 4 heteroatoms. The van der Waals surface area contributed by atoms with Gasteiger partial charge in [-0.1, -0.05) is 26.2 Å². The van der Waals surface area contributed by atoms with Gasteiger partial charge in [-0.2, -0.15) is 0 Å². The second kappa shape index (κ2) is 5.14. The molecule has 0 aromatic rings. The van der Waals surface area contributed by atoms with Crippen molar-refractivity contribution < 1.29 is 14.3 Å². The van der Waals surface area contributed by atoms with Crippen molar-refractivity contribution in [2.45, 2.75) is 64.3 Å². The van der Waals surface area contributed by atoms with Gasteiger partial charge in [-0.3, -0.25) is 4.79 Å². The highest BCUT2D eigenvalue weighted by molar-refractivity contribution is 5.91. The van der Waals surface area contributed by atoms with E-state index in [1.165, 1.54) is 13.5 Å².